The van der Waals surface area contributed by atoms with Gasteiger partial charge in [0.1, 0.15) is 5.41 Å². The minimum atomic E-state index is -4.74. The molecule has 2 aliphatic rings. The summed E-state index contributed by atoms with van der Waals surface area (Å²) in [6.07, 6.45) is -11.5. The number of amides is 2. The molecule has 2 atom stereocenters. The van der Waals surface area contributed by atoms with E-state index in [9.17, 15) is 41.0 Å². The number of carbonyl (C=O) groups is 2. The lowest BCUT2D eigenvalue weighted by Crippen LogP contribution is -2.59. The summed E-state index contributed by atoms with van der Waals surface area (Å²) in [7, 11) is 0. The van der Waals surface area contributed by atoms with E-state index in [4.69, 9.17) is 0 Å². The first-order valence-corrected chi connectivity index (χ1v) is 8.82. The van der Waals surface area contributed by atoms with Crippen LogP contribution in [-0.4, -0.2) is 52.2 Å². The summed E-state index contributed by atoms with van der Waals surface area (Å²) in [6, 6.07) is 1.88. The number of benzene rings is 1. The van der Waals surface area contributed by atoms with Crippen LogP contribution in [0, 0.1) is 5.41 Å². The molecule has 0 unspecified atom stereocenters. The Morgan fingerprint density at radius 2 is 1.69 bits per heavy atom. The Morgan fingerprint density at radius 3 is 2.17 bits per heavy atom. The van der Waals surface area contributed by atoms with Crippen molar-refractivity contribution in [3.8, 4) is 0 Å². The van der Waals surface area contributed by atoms with Crippen LogP contribution in [-0.2, 0) is 11.0 Å². The van der Waals surface area contributed by atoms with Crippen LogP contribution < -0.4 is 0 Å². The van der Waals surface area contributed by atoms with Crippen LogP contribution in [0.25, 0.3) is 0 Å². The van der Waals surface area contributed by atoms with Crippen molar-refractivity contribution >= 4 is 12.0 Å². The molecule has 1 saturated heterocycles. The number of alkyl halides is 6. The fraction of sp³-hybridized carbons (Fsp3) is 0.556. The maximum atomic E-state index is 13.4. The quantitative estimate of drug-likeness (QED) is 0.721. The molecule has 3 rings (SSSR count). The van der Waals surface area contributed by atoms with Gasteiger partial charge in [0.05, 0.1) is 11.6 Å². The van der Waals surface area contributed by atoms with Crippen molar-refractivity contribution in [3.63, 3.8) is 0 Å². The number of hydrogen-bond donors (Lipinski definition) is 1. The van der Waals surface area contributed by atoms with E-state index in [-0.39, 0.29) is 24.9 Å². The maximum Gasteiger partial charge on any atom is 0.416 e. The fourth-order valence-electron chi connectivity index (χ4n) is 3.70. The van der Waals surface area contributed by atoms with Crippen molar-refractivity contribution in [1.29, 1.82) is 0 Å². The average Bonchev–Trinajstić information content (AvgIpc) is 3.42. The summed E-state index contributed by atoms with van der Waals surface area (Å²) in [4.78, 5) is 26.1. The molecule has 5 nitrogen and oxygen atoms in total. The average molecular weight is 424 g/mol. The van der Waals surface area contributed by atoms with Crippen molar-refractivity contribution < 1.29 is 41.0 Å². The van der Waals surface area contributed by atoms with Gasteiger partial charge in [0.2, 0.25) is 5.91 Å². The summed E-state index contributed by atoms with van der Waals surface area (Å²) in [5.41, 5.74) is -3.53. The Hall–Kier alpha value is -2.46. The van der Waals surface area contributed by atoms with Crippen LogP contribution in [0.5, 0.6) is 0 Å². The molecule has 1 saturated carbocycles. The van der Waals surface area contributed by atoms with Gasteiger partial charge < -0.3 is 10.0 Å². The van der Waals surface area contributed by atoms with E-state index in [0.29, 0.717) is 0 Å². The van der Waals surface area contributed by atoms with Crippen LogP contribution in [0.3, 0.4) is 0 Å². The Balaban J connectivity index is 1.95. The first-order chi connectivity index (χ1) is 13.3. The zero-order valence-electron chi connectivity index (χ0n) is 15.2. The molecule has 0 bridgehead atoms. The summed E-state index contributed by atoms with van der Waals surface area (Å²) < 4.78 is 79.2. The van der Waals surface area contributed by atoms with E-state index >= 15 is 0 Å². The van der Waals surface area contributed by atoms with Gasteiger partial charge in [-0.3, -0.25) is 9.69 Å². The highest BCUT2D eigenvalue weighted by Crippen LogP contribution is 2.59. The molecule has 11 heteroatoms. The minimum absolute atomic E-state index is 0.0382. The molecule has 1 aromatic carbocycles. The van der Waals surface area contributed by atoms with Gasteiger partial charge >= 0.3 is 18.4 Å². The Labute approximate surface area is 161 Å². The Morgan fingerprint density at radius 1 is 1.07 bits per heavy atom. The Kier molecular flexibility index (Phi) is 4.99. The smallest absolute Gasteiger partial charge is 0.416 e. The second-order valence-corrected chi connectivity index (χ2v) is 7.46. The number of piperazine rings is 1. The van der Waals surface area contributed by atoms with Crippen LogP contribution in [0.4, 0.5) is 31.1 Å². The van der Waals surface area contributed by atoms with E-state index in [1.54, 1.807) is 0 Å². The highest BCUT2D eigenvalue weighted by atomic mass is 19.4. The van der Waals surface area contributed by atoms with Gasteiger partial charge in [0.15, 0.2) is 0 Å². The van der Waals surface area contributed by atoms with Gasteiger partial charge in [-0.1, -0.05) is 12.1 Å². The van der Waals surface area contributed by atoms with Crippen LogP contribution in [0.15, 0.2) is 24.3 Å². The van der Waals surface area contributed by atoms with Crippen molar-refractivity contribution in [1.82, 2.24) is 9.80 Å². The zero-order valence-corrected chi connectivity index (χ0v) is 15.2. The number of rotatable bonds is 2. The minimum Gasteiger partial charge on any atom is -0.465 e. The number of carboxylic acid groups (broad SMARTS) is 1. The summed E-state index contributed by atoms with van der Waals surface area (Å²) >= 11 is 0. The molecule has 1 aliphatic carbocycles. The molecular formula is C18H18F6N2O3. The standard InChI is InChI=1S/C18H18F6N2O3/c1-10-8-26(15(28)29)13(11-3-2-4-12(7-11)17(19,20)21)9-25(10)14(27)16(5-6-16)18(22,23)24/h2-4,7,10,13H,5-6,8-9H2,1H3,(H,28,29)/t10-,13-/m1/s1. The van der Waals surface area contributed by atoms with Gasteiger partial charge in [0, 0.05) is 19.1 Å². The normalized spacial score (nSPS) is 24.4. The molecule has 160 valence electrons. The fourth-order valence-corrected chi connectivity index (χ4v) is 3.70. The van der Waals surface area contributed by atoms with Gasteiger partial charge in [-0.2, -0.15) is 26.3 Å². The molecule has 0 radical (unpaired) electrons. The van der Waals surface area contributed by atoms with Crippen LogP contribution in [0.2, 0.25) is 0 Å². The van der Waals surface area contributed by atoms with Crippen molar-refractivity contribution in [2.24, 2.45) is 5.41 Å². The molecule has 29 heavy (non-hydrogen) atoms. The molecule has 1 aliphatic heterocycles. The summed E-state index contributed by atoms with van der Waals surface area (Å²) in [5.74, 6) is -1.15. The number of halogens is 6. The second-order valence-electron chi connectivity index (χ2n) is 7.46. The van der Waals surface area contributed by atoms with Gasteiger partial charge in [-0.05, 0) is 37.5 Å². The van der Waals surface area contributed by atoms with Gasteiger partial charge in [-0.15, -0.1) is 0 Å². The first-order valence-electron chi connectivity index (χ1n) is 8.82. The number of nitrogens with zero attached hydrogens (tertiary/aromatic N) is 2. The van der Waals surface area contributed by atoms with E-state index in [1.807, 2.05) is 0 Å². The third-order valence-corrected chi connectivity index (χ3v) is 5.55. The predicted molar refractivity (Wildman–Crippen MR) is 87.8 cm³/mol. The van der Waals surface area contributed by atoms with E-state index in [2.05, 4.69) is 0 Å². The van der Waals surface area contributed by atoms with Crippen molar-refractivity contribution in [2.75, 3.05) is 13.1 Å². The first kappa shape index (κ1) is 21.3. The molecule has 0 aromatic heterocycles. The third kappa shape index (κ3) is 3.74. The molecule has 2 amide bonds. The van der Waals surface area contributed by atoms with Crippen LogP contribution in [0.1, 0.15) is 36.9 Å². The zero-order chi connectivity index (χ0) is 21.8. The number of hydrogen-bond acceptors (Lipinski definition) is 2. The van der Waals surface area contributed by atoms with Gasteiger partial charge in [0.25, 0.3) is 0 Å². The largest absolute Gasteiger partial charge is 0.465 e. The molecule has 1 N–H and O–H groups in total. The van der Waals surface area contributed by atoms with E-state index in [0.717, 1.165) is 28.0 Å². The molecule has 2 fully saturated rings. The molecule has 1 aromatic rings. The molecular weight excluding hydrogens is 406 g/mol. The Bertz CT molecular complexity index is 819. The van der Waals surface area contributed by atoms with Gasteiger partial charge in [-0.25, -0.2) is 4.79 Å². The van der Waals surface area contributed by atoms with Crippen molar-refractivity contribution in [2.45, 2.75) is 44.2 Å². The third-order valence-electron chi connectivity index (χ3n) is 5.55. The highest BCUT2D eigenvalue weighted by Gasteiger charge is 2.70. The van der Waals surface area contributed by atoms with Crippen molar-refractivity contribution in [3.05, 3.63) is 35.4 Å². The SMILES string of the molecule is C[C@@H]1CN(C(=O)O)[C@@H](c2cccc(C(F)(F)F)c2)CN1C(=O)C1(C(F)(F)F)CC1. The highest BCUT2D eigenvalue weighted by molar-refractivity contribution is 5.87. The lowest BCUT2D eigenvalue weighted by molar-refractivity contribution is -0.201. The number of carbonyl (C=O) groups excluding carboxylic acids is 1. The van der Waals surface area contributed by atoms with E-state index < -0.39 is 54.0 Å². The second kappa shape index (κ2) is 6.81. The lowest BCUT2D eigenvalue weighted by atomic mass is 9.95. The summed E-state index contributed by atoms with van der Waals surface area (Å²) in [6.45, 7) is 0.657. The van der Waals surface area contributed by atoms with E-state index in [1.165, 1.54) is 13.0 Å². The molecule has 1 heterocycles. The predicted octanol–water partition coefficient (Wildman–Crippen LogP) is 4.30. The molecule has 0 spiro atoms. The topological polar surface area (TPSA) is 60.9 Å². The summed E-state index contributed by atoms with van der Waals surface area (Å²) in [5, 5.41) is 9.46. The van der Waals surface area contributed by atoms with Crippen LogP contribution >= 0.6 is 0 Å². The maximum absolute atomic E-state index is 13.4. The monoisotopic (exact) mass is 424 g/mol. The lowest BCUT2D eigenvalue weighted by Gasteiger charge is -2.45.